The Morgan fingerprint density at radius 3 is 2.26 bits per heavy atom. The molecule has 0 radical (unpaired) electrons. The SMILES string of the molecule is CC(C)CC(=O)NC(C(=O)NCCN1CCNCC1)C(C)C.Cl. The average molecular weight is 349 g/mol. The number of nitrogens with zero attached hydrogens (tertiary/aromatic N) is 1. The van der Waals surface area contributed by atoms with Crippen molar-refractivity contribution in [3.05, 3.63) is 0 Å². The number of carbonyl (C=O) groups is 2. The molecule has 2 amide bonds. The Morgan fingerprint density at radius 1 is 1.13 bits per heavy atom. The molecule has 1 rings (SSSR count). The van der Waals surface area contributed by atoms with E-state index in [0.29, 0.717) is 18.9 Å². The van der Waals surface area contributed by atoms with Gasteiger partial charge in [-0.3, -0.25) is 14.5 Å². The van der Waals surface area contributed by atoms with Gasteiger partial charge in [0.25, 0.3) is 0 Å². The van der Waals surface area contributed by atoms with E-state index in [2.05, 4.69) is 20.9 Å². The lowest BCUT2D eigenvalue weighted by atomic mass is 10.0. The van der Waals surface area contributed by atoms with Gasteiger partial charge in [-0.25, -0.2) is 0 Å². The van der Waals surface area contributed by atoms with Crippen molar-refractivity contribution >= 4 is 24.2 Å². The molecular weight excluding hydrogens is 316 g/mol. The van der Waals surface area contributed by atoms with Crippen LogP contribution in [0, 0.1) is 11.8 Å². The van der Waals surface area contributed by atoms with Gasteiger partial charge in [0.05, 0.1) is 0 Å². The minimum Gasteiger partial charge on any atom is -0.353 e. The lowest BCUT2D eigenvalue weighted by Crippen LogP contribution is -2.52. The van der Waals surface area contributed by atoms with Gasteiger partial charge in [-0.15, -0.1) is 12.4 Å². The standard InChI is InChI=1S/C16H32N4O2.ClH/c1-12(2)11-14(21)19-15(13(3)4)16(22)18-7-10-20-8-5-17-6-9-20;/h12-13,15,17H,5-11H2,1-4H3,(H,18,22)(H,19,21);1H. The molecule has 1 heterocycles. The van der Waals surface area contributed by atoms with Crippen molar-refractivity contribution in [3.8, 4) is 0 Å². The number of amides is 2. The first-order valence-corrected chi connectivity index (χ1v) is 8.40. The Bertz CT molecular complexity index is 358. The van der Waals surface area contributed by atoms with Crippen molar-refractivity contribution in [2.75, 3.05) is 39.3 Å². The summed E-state index contributed by atoms with van der Waals surface area (Å²) in [6.45, 7) is 13.5. The highest BCUT2D eigenvalue weighted by atomic mass is 35.5. The first kappa shape index (κ1) is 22.1. The number of halogens is 1. The summed E-state index contributed by atoms with van der Waals surface area (Å²) in [6, 6.07) is -0.450. The van der Waals surface area contributed by atoms with Crippen LogP contribution in [0.25, 0.3) is 0 Å². The van der Waals surface area contributed by atoms with E-state index in [-0.39, 0.29) is 30.1 Å². The second-order valence-electron chi connectivity index (χ2n) is 6.77. The molecule has 1 unspecified atom stereocenters. The van der Waals surface area contributed by atoms with Gasteiger partial charge in [0.1, 0.15) is 6.04 Å². The summed E-state index contributed by atoms with van der Waals surface area (Å²) < 4.78 is 0. The lowest BCUT2D eigenvalue weighted by Gasteiger charge is -2.28. The van der Waals surface area contributed by atoms with Crippen molar-refractivity contribution in [1.29, 1.82) is 0 Å². The van der Waals surface area contributed by atoms with Gasteiger partial charge in [0.15, 0.2) is 0 Å². The molecule has 0 spiro atoms. The number of hydrogen-bond acceptors (Lipinski definition) is 4. The Labute approximate surface area is 146 Å². The average Bonchev–Trinajstić information content (AvgIpc) is 2.44. The molecule has 0 aliphatic carbocycles. The maximum absolute atomic E-state index is 12.3. The first-order chi connectivity index (χ1) is 10.4. The number of rotatable bonds is 8. The molecule has 23 heavy (non-hydrogen) atoms. The van der Waals surface area contributed by atoms with Crippen LogP contribution >= 0.6 is 12.4 Å². The normalized spacial score (nSPS) is 16.8. The summed E-state index contributed by atoms with van der Waals surface area (Å²) in [4.78, 5) is 26.5. The third-order valence-electron chi connectivity index (χ3n) is 3.80. The van der Waals surface area contributed by atoms with Gasteiger partial charge >= 0.3 is 0 Å². The molecule has 0 bridgehead atoms. The highest BCUT2D eigenvalue weighted by Gasteiger charge is 2.24. The number of hydrogen-bond donors (Lipinski definition) is 3. The smallest absolute Gasteiger partial charge is 0.242 e. The second kappa shape index (κ2) is 11.6. The maximum Gasteiger partial charge on any atom is 0.242 e. The van der Waals surface area contributed by atoms with Crippen molar-refractivity contribution in [2.24, 2.45) is 11.8 Å². The topological polar surface area (TPSA) is 73.5 Å². The van der Waals surface area contributed by atoms with Crippen molar-refractivity contribution in [3.63, 3.8) is 0 Å². The number of piperazine rings is 1. The van der Waals surface area contributed by atoms with Gasteiger partial charge in [0, 0.05) is 45.7 Å². The predicted molar refractivity (Wildman–Crippen MR) is 95.8 cm³/mol. The molecule has 7 heteroatoms. The fourth-order valence-electron chi connectivity index (χ4n) is 2.52. The van der Waals surface area contributed by atoms with Crippen molar-refractivity contribution < 1.29 is 9.59 Å². The zero-order chi connectivity index (χ0) is 16.5. The van der Waals surface area contributed by atoms with Crippen LogP contribution in [0.5, 0.6) is 0 Å². The molecule has 1 aliphatic heterocycles. The molecule has 136 valence electrons. The van der Waals surface area contributed by atoms with Crippen LogP contribution in [-0.4, -0.2) is 62.0 Å². The Balaban J connectivity index is 0.00000484. The summed E-state index contributed by atoms with van der Waals surface area (Å²) in [5.41, 5.74) is 0. The van der Waals surface area contributed by atoms with E-state index in [9.17, 15) is 9.59 Å². The minimum absolute atomic E-state index is 0. The highest BCUT2D eigenvalue weighted by Crippen LogP contribution is 2.05. The third kappa shape index (κ3) is 9.13. The maximum atomic E-state index is 12.3. The third-order valence-corrected chi connectivity index (χ3v) is 3.80. The molecule has 3 N–H and O–H groups in total. The zero-order valence-corrected chi connectivity index (χ0v) is 15.7. The van der Waals surface area contributed by atoms with Crippen LogP contribution < -0.4 is 16.0 Å². The van der Waals surface area contributed by atoms with E-state index in [1.54, 1.807) is 0 Å². The molecular formula is C16H33ClN4O2. The van der Waals surface area contributed by atoms with Crippen molar-refractivity contribution in [2.45, 2.75) is 40.2 Å². The molecule has 6 nitrogen and oxygen atoms in total. The largest absolute Gasteiger partial charge is 0.353 e. The van der Waals surface area contributed by atoms with Gasteiger partial charge in [0.2, 0.25) is 11.8 Å². The zero-order valence-electron chi connectivity index (χ0n) is 14.9. The molecule has 1 saturated heterocycles. The van der Waals surface area contributed by atoms with E-state index in [1.807, 2.05) is 27.7 Å². The van der Waals surface area contributed by atoms with Crippen molar-refractivity contribution in [1.82, 2.24) is 20.9 Å². The molecule has 0 aromatic carbocycles. The van der Waals surface area contributed by atoms with Crippen LogP contribution in [0.15, 0.2) is 0 Å². The van der Waals surface area contributed by atoms with Crippen LogP contribution in [-0.2, 0) is 9.59 Å². The summed E-state index contributed by atoms with van der Waals surface area (Å²) in [5.74, 6) is 0.243. The van der Waals surface area contributed by atoms with E-state index in [4.69, 9.17) is 0 Å². The molecule has 0 saturated carbocycles. The van der Waals surface area contributed by atoms with Gasteiger partial charge in [-0.1, -0.05) is 27.7 Å². The molecule has 1 fully saturated rings. The number of carbonyl (C=O) groups excluding carboxylic acids is 2. The summed E-state index contributed by atoms with van der Waals surface area (Å²) in [5, 5.41) is 9.12. The monoisotopic (exact) mass is 348 g/mol. The van der Waals surface area contributed by atoms with Crippen LogP contribution in [0.1, 0.15) is 34.1 Å². The Kier molecular flexibility index (Phi) is 11.2. The second-order valence-corrected chi connectivity index (χ2v) is 6.77. The first-order valence-electron chi connectivity index (χ1n) is 8.40. The van der Waals surface area contributed by atoms with E-state index in [1.165, 1.54) is 0 Å². The molecule has 0 aromatic heterocycles. The van der Waals surface area contributed by atoms with Gasteiger partial charge in [-0.2, -0.15) is 0 Å². The number of nitrogens with one attached hydrogen (secondary N) is 3. The van der Waals surface area contributed by atoms with Crippen LogP contribution in [0.3, 0.4) is 0 Å². The summed E-state index contributed by atoms with van der Waals surface area (Å²) >= 11 is 0. The lowest BCUT2D eigenvalue weighted by molar-refractivity contribution is -0.130. The van der Waals surface area contributed by atoms with E-state index >= 15 is 0 Å². The highest BCUT2D eigenvalue weighted by molar-refractivity contribution is 5.87. The van der Waals surface area contributed by atoms with Gasteiger partial charge < -0.3 is 16.0 Å². The summed E-state index contributed by atoms with van der Waals surface area (Å²) in [6.07, 6.45) is 0.456. The van der Waals surface area contributed by atoms with E-state index < -0.39 is 6.04 Å². The minimum atomic E-state index is -0.450. The molecule has 1 aliphatic rings. The quantitative estimate of drug-likeness (QED) is 0.601. The van der Waals surface area contributed by atoms with Gasteiger partial charge in [-0.05, 0) is 11.8 Å². The fourth-order valence-corrected chi connectivity index (χ4v) is 2.52. The summed E-state index contributed by atoms with van der Waals surface area (Å²) in [7, 11) is 0. The molecule has 0 aromatic rings. The van der Waals surface area contributed by atoms with Crippen LogP contribution in [0.4, 0.5) is 0 Å². The predicted octanol–water partition coefficient (Wildman–Crippen LogP) is 0.617. The fraction of sp³-hybridized carbons (Fsp3) is 0.875. The Hall–Kier alpha value is -0.850. The van der Waals surface area contributed by atoms with Crippen LogP contribution in [0.2, 0.25) is 0 Å². The van der Waals surface area contributed by atoms with E-state index in [0.717, 1.165) is 32.7 Å². The molecule has 1 atom stereocenters. The Morgan fingerprint density at radius 2 is 1.74 bits per heavy atom.